The third kappa shape index (κ3) is 5.52. The molecule has 3 aromatic rings. The lowest BCUT2D eigenvalue weighted by Gasteiger charge is -2.28. The SMILES string of the molecule is CC(C)(C)c1ccc(C(=O)N[C@@H](Cc2cccs2)C(=O)N2CCC3[C@H]2C(=O)CN3C(=O)c2ccccc2)cc1. The molecule has 8 heteroatoms. The van der Waals surface area contributed by atoms with Crippen molar-refractivity contribution in [3.05, 3.63) is 93.7 Å². The standard InChI is InChI=1S/C31H33N3O4S/c1-31(2,3)22-13-11-20(12-14-22)28(36)32-24(18-23-10-7-17-39-23)30(38)33-16-15-25-27(33)26(35)19-34(25)29(37)21-8-5-4-6-9-21/h4-14,17,24-25,27H,15-16,18-19H2,1-3H3,(H,32,36)/t24-,25?,27-/m0/s1. The molecule has 3 heterocycles. The normalized spacial score (nSPS) is 19.6. The van der Waals surface area contributed by atoms with Gasteiger partial charge in [0.2, 0.25) is 5.91 Å². The van der Waals surface area contributed by atoms with Gasteiger partial charge < -0.3 is 15.1 Å². The zero-order chi connectivity index (χ0) is 27.7. The zero-order valence-corrected chi connectivity index (χ0v) is 23.2. The number of benzene rings is 2. The number of thiophene rings is 1. The lowest BCUT2D eigenvalue weighted by atomic mass is 9.86. The first-order valence-electron chi connectivity index (χ1n) is 13.3. The van der Waals surface area contributed by atoms with E-state index < -0.39 is 12.1 Å². The molecule has 1 N–H and O–H groups in total. The summed E-state index contributed by atoms with van der Waals surface area (Å²) in [5, 5.41) is 4.88. The first-order valence-corrected chi connectivity index (χ1v) is 14.1. The van der Waals surface area contributed by atoms with Crippen LogP contribution in [-0.4, -0.2) is 64.5 Å². The number of rotatable bonds is 6. The van der Waals surface area contributed by atoms with Crippen LogP contribution in [0.4, 0.5) is 0 Å². The van der Waals surface area contributed by atoms with E-state index in [4.69, 9.17) is 0 Å². The number of nitrogens with one attached hydrogen (secondary N) is 1. The third-order valence-corrected chi connectivity index (χ3v) is 8.49. The Bertz CT molecular complexity index is 1360. The molecule has 2 fully saturated rings. The van der Waals surface area contributed by atoms with Crippen LogP contribution in [0.5, 0.6) is 0 Å². The van der Waals surface area contributed by atoms with Gasteiger partial charge in [-0.05, 0) is 53.1 Å². The third-order valence-electron chi connectivity index (χ3n) is 7.59. The van der Waals surface area contributed by atoms with E-state index in [0.29, 0.717) is 30.5 Å². The number of amides is 3. The zero-order valence-electron chi connectivity index (χ0n) is 22.4. The summed E-state index contributed by atoms with van der Waals surface area (Å²) in [5.74, 6) is -0.973. The fourth-order valence-electron chi connectivity index (χ4n) is 5.48. The second-order valence-electron chi connectivity index (χ2n) is 11.2. The maximum atomic E-state index is 13.9. The fourth-order valence-corrected chi connectivity index (χ4v) is 6.23. The van der Waals surface area contributed by atoms with Crippen molar-refractivity contribution in [2.24, 2.45) is 0 Å². The maximum absolute atomic E-state index is 13.9. The molecule has 0 radical (unpaired) electrons. The van der Waals surface area contributed by atoms with Crippen molar-refractivity contribution < 1.29 is 19.2 Å². The van der Waals surface area contributed by atoms with Crippen molar-refractivity contribution >= 4 is 34.8 Å². The number of Topliss-reactive ketones (excluding diaryl/α,β-unsaturated/α-hetero) is 1. The van der Waals surface area contributed by atoms with Gasteiger partial charge in [-0.2, -0.15) is 0 Å². The van der Waals surface area contributed by atoms with E-state index in [1.807, 2.05) is 35.7 Å². The molecule has 0 aliphatic carbocycles. The van der Waals surface area contributed by atoms with E-state index in [0.717, 1.165) is 10.4 Å². The van der Waals surface area contributed by atoms with Gasteiger partial charge >= 0.3 is 0 Å². The van der Waals surface area contributed by atoms with E-state index in [-0.39, 0.29) is 41.5 Å². The molecule has 3 amide bonds. The van der Waals surface area contributed by atoms with Crippen molar-refractivity contribution in [1.82, 2.24) is 15.1 Å². The Morgan fingerprint density at radius 2 is 1.67 bits per heavy atom. The Morgan fingerprint density at radius 3 is 2.31 bits per heavy atom. The minimum atomic E-state index is -0.830. The van der Waals surface area contributed by atoms with Crippen molar-refractivity contribution in [3.63, 3.8) is 0 Å². The van der Waals surface area contributed by atoms with Crippen LogP contribution in [0.1, 0.15) is 58.3 Å². The Morgan fingerprint density at radius 1 is 0.949 bits per heavy atom. The number of likely N-dealkylation sites (tertiary alicyclic amines) is 2. The number of hydrogen-bond acceptors (Lipinski definition) is 5. The first-order chi connectivity index (χ1) is 18.6. The molecule has 0 spiro atoms. The van der Waals surface area contributed by atoms with Crippen molar-refractivity contribution in [1.29, 1.82) is 0 Å². The van der Waals surface area contributed by atoms with Crippen molar-refractivity contribution in [2.45, 2.75) is 57.2 Å². The van der Waals surface area contributed by atoms with Gasteiger partial charge in [0.1, 0.15) is 12.1 Å². The summed E-state index contributed by atoms with van der Waals surface area (Å²) >= 11 is 1.52. The Kier molecular flexibility index (Phi) is 7.40. The summed E-state index contributed by atoms with van der Waals surface area (Å²) in [6.45, 7) is 6.67. The van der Waals surface area contributed by atoms with Gasteiger partial charge in [0, 0.05) is 29.0 Å². The van der Waals surface area contributed by atoms with Crippen LogP contribution in [0.25, 0.3) is 0 Å². The molecular weight excluding hydrogens is 510 g/mol. The van der Waals surface area contributed by atoms with Crippen LogP contribution in [-0.2, 0) is 21.4 Å². The topological polar surface area (TPSA) is 86.8 Å². The van der Waals surface area contributed by atoms with Crippen molar-refractivity contribution in [2.75, 3.05) is 13.1 Å². The van der Waals surface area contributed by atoms with E-state index in [1.165, 1.54) is 11.3 Å². The van der Waals surface area contributed by atoms with E-state index in [2.05, 4.69) is 26.1 Å². The Labute approximate surface area is 232 Å². The largest absolute Gasteiger partial charge is 0.340 e. The number of fused-ring (bicyclic) bond motifs is 1. The van der Waals surface area contributed by atoms with Gasteiger partial charge in [-0.15, -0.1) is 11.3 Å². The second-order valence-corrected chi connectivity index (χ2v) is 12.3. The summed E-state index contributed by atoms with van der Waals surface area (Å²) in [4.78, 5) is 57.6. The molecule has 39 heavy (non-hydrogen) atoms. The summed E-state index contributed by atoms with van der Waals surface area (Å²) < 4.78 is 0. The number of carbonyl (C=O) groups is 4. The average Bonchev–Trinajstić information content (AvgIpc) is 3.67. The quantitative estimate of drug-likeness (QED) is 0.508. The molecule has 5 rings (SSSR count). The maximum Gasteiger partial charge on any atom is 0.254 e. The second kappa shape index (κ2) is 10.8. The number of nitrogens with zero attached hydrogens (tertiary/aromatic N) is 2. The molecule has 2 aromatic carbocycles. The highest BCUT2D eigenvalue weighted by Crippen LogP contribution is 2.32. The minimum absolute atomic E-state index is 0.0189. The highest BCUT2D eigenvalue weighted by Gasteiger charge is 2.52. The monoisotopic (exact) mass is 543 g/mol. The van der Waals surface area contributed by atoms with Gasteiger partial charge in [-0.1, -0.05) is 57.2 Å². The Balaban J connectivity index is 1.35. The number of hydrogen-bond donors (Lipinski definition) is 1. The first kappa shape index (κ1) is 26.8. The molecule has 0 saturated carbocycles. The minimum Gasteiger partial charge on any atom is -0.340 e. The lowest BCUT2D eigenvalue weighted by molar-refractivity contribution is -0.138. The van der Waals surface area contributed by atoms with Crippen LogP contribution in [0, 0.1) is 0 Å². The van der Waals surface area contributed by atoms with Crippen LogP contribution in [0.15, 0.2) is 72.1 Å². The van der Waals surface area contributed by atoms with Gasteiger partial charge in [0.05, 0.1) is 12.6 Å². The molecule has 1 unspecified atom stereocenters. The number of carbonyl (C=O) groups excluding carboxylic acids is 4. The van der Waals surface area contributed by atoms with Gasteiger partial charge in [-0.25, -0.2) is 0 Å². The molecule has 2 aliphatic heterocycles. The van der Waals surface area contributed by atoms with Crippen molar-refractivity contribution in [3.8, 4) is 0 Å². The van der Waals surface area contributed by atoms with E-state index in [1.54, 1.807) is 46.2 Å². The Hall–Kier alpha value is -3.78. The summed E-state index contributed by atoms with van der Waals surface area (Å²) in [7, 11) is 0. The number of ketones is 1. The highest BCUT2D eigenvalue weighted by atomic mass is 32.1. The predicted octanol–water partition coefficient (Wildman–Crippen LogP) is 4.08. The van der Waals surface area contributed by atoms with Gasteiger partial charge in [0.25, 0.3) is 11.8 Å². The fraction of sp³-hybridized carbons (Fsp3) is 0.355. The lowest BCUT2D eigenvalue weighted by Crippen LogP contribution is -2.53. The molecule has 3 atom stereocenters. The molecule has 2 aliphatic rings. The molecular formula is C31H33N3O4S. The van der Waals surface area contributed by atoms with Crippen LogP contribution in [0.3, 0.4) is 0 Å². The van der Waals surface area contributed by atoms with E-state index in [9.17, 15) is 19.2 Å². The molecule has 7 nitrogen and oxygen atoms in total. The smallest absolute Gasteiger partial charge is 0.254 e. The predicted molar refractivity (Wildman–Crippen MR) is 151 cm³/mol. The summed E-state index contributed by atoms with van der Waals surface area (Å²) in [6, 6.07) is 18.3. The van der Waals surface area contributed by atoms with Gasteiger partial charge in [-0.3, -0.25) is 19.2 Å². The average molecular weight is 544 g/mol. The highest BCUT2D eigenvalue weighted by molar-refractivity contribution is 7.09. The molecule has 2 saturated heterocycles. The van der Waals surface area contributed by atoms with Crippen LogP contribution < -0.4 is 5.32 Å². The molecule has 0 bridgehead atoms. The van der Waals surface area contributed by atoms with Gasteiger partial charge in [0.15, 0.2) is 5.78 Å². The van der Waals surface area contributed by atoms with Crippen LogP contribution >= 0.6 is 11.3 Å². The summed E-state index contributed by atoms with van der Waals surface area (Å²) in [5.41, 5.74) is 2.07. The molecule has 202 valence electrons. The summed E-state index contributed by atoms with van der Waals surface area (Å²) in [6.07, 6.45) is 0.853. The molecule has 1 aromatic heterocycles. The van der Waals surface area contributed by atoms with Crippen LogP contribution in [0.2, 0.25) is 0 Å². The van der Waals surface area contributed by atoms with E-state index >= 15 is 0 Å².